The lowest BCUT2D eigenvalue weighted by molar-refractivity contribution is 0.363. The summed E-state index contributed by atoms with van der Waals surface area (Å²) < 4.78 is 10.2. The molecule has 0 aliphatic carbocycles. The van der Waals surface area contributed by atoms with Gasteiger partial charge in [0, 0.05) is 11.1 Å². The van der Waals surface area contributed by atoms with Crippen molar-refractivity contribution in [3.05, 3.63) is 6.07 Å². The number of halogens is 1. The zero-order valence-corrected chi connectivity index (χ0v) is 12.9. The summed E-state index contributed by atoms with van der Waals surface area (Å²) in [4.78, 5) is 8.58. The third-order valence-corrected chi connectivity index (χ3v) is 4.47. The Kier molecular flexibility index (Phi) is 5.53. The first-order valence-electron chi connectivity index (χ1n) is 5.60. The maximum absolute atomic E-state index is 6.01. The summed E-state index contributed by atoms with van der Waals surface area (Å²) in [6, 6.07) is 1.65. The lowest BCUT2D eigenvalue weighted by atomic mass is 9.93. The molecule has 1 aromatic heterocycles. The molecule has 102 valence electrons. The fourth-order valence-corrected chi connectivity index (χ4v) is 2.82. The smallest absolute Gasteiger partial charge is 0.220 e. The zero-order chi connectivity index (χ0) is 13.8. The zero-order valence-electron chi connectivity index (χ0n) is 11.4. The Balaban J connectivity index is 2.95. The van der Waals surface area contributed by atoms with Crippen LogP contribution >= 0.6 is 23.4 Å². The van der Waals surface area contributed by atoms with E-state index in [9.17, 15) is 0 Å². The number of hydrogen-bond donors (Lipinski definition) is 0. The Morgan fingerprint density at radius 1 is 1.22 bits per heavy atom. The van der Waals surface area contributed by atoms with Gasteiger partial charge in [0.15, 0.2) is 5.16 Å². The molecule has 0 aliphatic rings. The highest BCUT2D eigenvalue weighted by atomic mass is 35.5. The van der Waals surface area contributed by atoms with Crippen LogP contribution in [0.2, 0.25) is 0 Å². The molecule has 0 aromatic carbocycles. The number of aromatic nitrogens is 2. The first-order valence-corrected chi connectivity index (χ1v) is 7.01. The fraction of sp³-hybridized carbons (Fsp3) is 0.667. The minimum atomic E-state index is 0.0755. The van der Waals surface area contributed by atoms with Crippen molar-refractivity contribution in [3.8, 4) is 11.8 Å². The lowest BCUT2D eigenvalue weighted by Gasteiger charge is -2.27. The molecule has 0 saturated heterocycles. The molecule has 1 heterocycles. The molecule has 6 heteroatoms. The Morgan fingerprint density at radius 3 is 2.06 bits per heavy atom. The monoisotopic (exact) mass is 290 g/mol. The van der Waals surface area contributed by atoms with Crippen LogP contribution in [0.25, 0.3) is 0 Å². The SMILES string of the molecule is COc1cc(OC)nc(SC(CCl)C(C)(C)C)n1. The van der Waals surface area contributed by atoms with Crippen molar-refractivity contribution in [2.45, 2.75) is 31.2 Å². The van der Waals surface area contributed by atoms with Crippen LogP contribution in [0.1, 0.15) is 20.8 Å². The van der Waals surface area contributed by atoms with Gasteiger partial charge in [-0.1, -0.05) is 32.5 Å². The van der Waals surface area contributed by atoms with Crippen LogP contribution in [0, 0.1) is 5.41 Å². The van der Waals surface area contributed by atoms with E-state index in [2.05, 4.69) is 30.7 Å². The van der Waals surface area contributed by atoms with Crippen LogP contribution in [0.3, 0.4) is 0 Å². The fourth-order valence-electron chi connectivity index (χ4n) is 1.21. The summed E-state index contributed by atoms with van der Waals surface area (Å²) in [5.74, 6) is 1.52. The average molecular weight is 291 g/mol. The van der Waals surface area contributed by atoms with Gasteiger partial charge >= 0.3 is 0 Å². The molecule has 0 spiro atoms. The van der Waals surface area contributed by atoms with Crippen molar-refractivity contribution < 1.29 is 9.47 Å². The Labute approximate surface area is 117 Å². The highest BCUT2D eigenvalue weighted by molar-refractivity contribution is 7.99. The van der Waals surface area contributed by atoms with Gasteiger partial charge in [0.05, 0.1) is 20.3 Å². The number of thioether (sulfide) groups is 1. The van der Waals surface area contributed by atoms with E-state index in [1.54, 1.807) is 32.0 Å². The van der Waals surface area contributed by atoms with Crippen molar-refractivity contribution >= 4 is 23.4 Å². The van der Waals surface area contributed by atoms with Gasteiger partial charge in [0.1, 0.15) is 0 Å². The van der Waals surface area contributed by atoms with Gasteiger partial charge in [0.25, 0.3) is 0 Å². The second-order valence-electron chi connectivity index (χ2n) is 4.86. The second kappa shape index (κ2) is 6.48. The number of ether oxygens (including phenoxy) is 2. The summed E-state index contributed by atoms with van der Waals surface area (Å²) in [7, 11) is 3.14. The largest absolute Gasteiger partial charge is 0.481 e. The number of methoxy groups -OCH3 is 2. The summed E-state index contributed by atoms with van der Waals surface area (Å²) in [6.07, 6.45) is 0. The van der Waals surface area contributed by atoms with Gasteiger partial charge < -0.3 is 9.47 Å². The van der Waals surface area contributed by atoms with Crippen LogP contribution < -0.4 is 9.47 Å². The van der Waals surface area contributed by atoms with Gasteiger partial charge in [-0.2, -0.15) is 9.97 Å². The van der Waals surface area contributed by atoms with Gasteiger partial charge in [-0.05, 0) is 5.41 Å². The van der Waals surface area contributed by atoms with Crippen LogP contribution in [0.4, 0.5) is 0 Å². The van der Waals surface area contributed by atoms with E-state index >= 15 is 0 Å². The molecule has 0 bridgehead atoms. The first-order chi connectivity index (χ1) is 8.40. The second-order valence-corrected chi connectivity index (χ2v) is 6.34. The molecular weight excluding hydrogens is 272 g/mol. The molecule has 4 nitrogen and oxygen atoms in total. The van der Waals surface area contributed by atoms with Gasteiger partial charge in [-0.25, -0.2) is 0 Å². The van der Waals surface area contributed by atoms with Gasteiger partial charge in [-0.3, -0.25) is 0 Å². The maximum atomic E-state index is 6.01. The van der Waals surface area contributed by atoms with Crippen LogP contribution in [0.5, 0.6) is 11.8 Å². The number of nitrogens with zero attached hydrogens (tertiary/aromatic N) is 2. The third-order valence-electron chi connectivity index (χ3n) is 2.43. The van der Waals surface area contributed by atoms with Crippen LogP contribution in [0.15, 0.2) is 11.2 Å². The summed E-state index contributed by atoms with van der Waals surface area (Å²) in [6.45, 7) is 6.43. The third kappa shape index (κ3) is 4.21. The highest BCUT2D eigenvalue weighted by Gasteiger charge is 2.26. The molecular formula is C12H19ClN2O2S. The van der Waals surface area contributed by atoms with Crippen molar-refractivity contribution in [2.24, 2.45) is 5.41 Å². The Hall–Kier alpha value is -0.680. The van der Waals surface area contributed by atoms with E-state index in [4.69, 9.17) is 21.1 Å². The number of alkyl halides is 1. The van der Waals surface area contributed by atoms with E-state index in [1.165, 1.54) is 0 Å². The van der Waals surface area contributed by atoms with Crippen molar-refractivity contribution in [1.29, 1.82) is 0 Å². The van der Waals surface area contributed by atoms with Gasteiger partial charge in [0.2, 0.25) is 11.8 Å². The molecule has 1 unspecified atom stereocenters. The summed E-state index contributed by atoms with van der Waals surface area (Å²) >= 11 is 7.55. The van der Waals surface area contributed by atoms with E-state index in [0.717, 1.165) is 0 Å². The van der Waals surface area contributed by atoms with Crippen LogP contribution in [-0.2, 0) is 0 Å². The van der Waals surface area contributed by atoms with Gasteiger partial charge in [-0.15, -0.1) is 11.6 Å². The minimum absolute atomic E-state index is 0.0755. The standard InChI is InChI=1S/C12H19ClN2O2S/c1-12(2,3)8(7-13)18-11-14-9(16-4)6-10(15-11)17-5/h6,8H,7H2,1-5H3. The topological polar surface area (TPSA) is 44.2 Å². The molecule has 0 amide bonds. The van der Waals surface area contributed by atoms with E-state index in [0.29, 0.717) is 22.8 Å². The van der Waals surface area contributed by atoms with E-state index in [-0.39, 0.29) is 10.7 Å². The first kappa shape index (κ1) is 15.4. The summed E-state index contributed by atoms with van der Waals surface area (Å²) in [5, 5.41) is 0.836. The van der Waals surface area contributed by atoms with Crippen molar-refractivity contribution in [3.63, 3.8) is 0 Å². The number of hydrogen-bond acceptors (Lipinski definition) is 5. The average Bonchev–Trinajstić information content (AvgIpc) is 2.33. The maximum Gasteiger partial charge on any atom is 0.220 e. The van der Waals surface area contributed by atoms with E-state index in [1.807, 2.05) is 0 Å². The molecule has 0 radical (unpaired) electrons. The molecule has 0 N–H and O–H groups in total. The summed E-state index contributed by atoms with van der Waals surface area (Å²) in [5.41, 5.74) is 0.0755. The minimum Gasteiger partial charge on any atom is -0.481 e. The lowest BCUT2D eigenvalue weighted by Crippen LogP contribution is -2.25. The quantitative estimate of drug-likeness (QED) is 0.473. The Morgan fingerprint density at radius 2 is 1.72 bits per heavy atom. The molecule has 0 aliphatic heterocycles. The molecule has 1 aromatic rings. The van der Waals surface area contributed by atoms with Crippen LogP contribution in [-0.4, -0.2) is 35.3 Å². The number of rotatable bonds is 5. The highest BCUT2D eigenvalue weighted by Crippen LogP contribution is 2.35. The predicted octanol–water partition coefficient (Wildman–Crippen LogP) is 3.24. The van der Waals surface area contributed by atoms with E-state index < -0.39 is 0 Å². The Bertz CT molecular complexity index is 374. The predicted molar refractivity (Wildman–Crippen MR) is 75.0 cm³/mol. The molecule has 1 rings (SSSR count). The molecule has 1 atom stereocenters. The van der Waals surface area contributed by atoms with Crippen molar-refractivity contribution in [1.82, 2.24) is 9.97 Å². The molecule has 0 fully saturated rings. The molecule has 0 saturated carbocycles. The van der Waals surface area contributed by atoms with Crippen molar-refractivity contribution in [2.75, 3.05) is 20.1 Å². The normalized spacial score (nSPS) is 13.2. The molecule has 18 heavy (non-hydrogen) atoms.